The lowest BCUT2D eigenvalue weighted by Crippen LogP contribution is -2.38. The summed E-state index contributed by atoms with van der Waals surface area (Å²) in [5.41, 5.74) is 1.18. The minimum absolute atomic E-state index is 0. The van der Waals surface area contributed by atoms with Crippen LogP contribution < -0.4 is 5.32 Å². The normalized spacial score (nSPS) is 19.6. The van der Waals surface area contributed by atoms with Crippen LogP contribution in [0.2, 0.25) is 0 Å². The second kappa shape index (κ2) is 8.46. The van der Waals surface area contributed by atoms with Gasteiger partial charge in [-0.3, -0.25) is 9.88 Å². The number of pyridine rings is 1. The highest BCUT2D eigenvalue weighted by molar-refractivity contribution is 5.85. The third-order valence-electron chi connectivity index (χ3n) is 3.47. The largest absolute Gasteiger partial charge is 0.316 e. The summed E-state index contributed by atoms with van der Waals surface area (Å²) in [5.74, 6) is 0.812. The highest BCUT2D eigenvalue weighted by Gasteiger charge is 2.16. The molecule has 1 aliphatic heterocycles. The molecule has 4 heteroatoms. The molecule has 1 atom stereocenters. The van der Waals surface area contributed by atoms with E-state index in [1.54, 1.807) is 0 Å². The number of nitrogens with zero attached hydrogens (tertiary/aromatic N) is 2. The lowest BCUT2D eigenvalue weighted by atomic mass is 9.99. The quantitative estimate of drug-likeness (QED) is 0.889. The van der Waals surface area contributed by atoms with Gasteiger partial charge in [-0.1, -0.05) is 13.0 Å². The molecule has 18 heavy (non-hydrogen) atoms. The number of nitrogens with one attached hydrogen (secondary N) is 1. The molecule has 1 aromatic rings. The number of aromatic nitrogens is 1. The first-order valence-electron chi connectivity index (χ1n) is 6.71. The van der Waals surface area contributed by atoms with E-state index in [-0.39, 0.29) is 12.4 Å². The summed E-state index contributed by atoms with van der Waals surface area (Å²) >= 11 is 0. The third kappa shape index (κ3) is 4.92. The van der Waals surface area contributed by atoms with Crippen LogP contribution in [0.5, 0.6) is 0 Å². The third-order valence-corrected chi connectivity index (χ3v) is 3.47. The summed E-state index contributed by atoms with van der Waals surface area (Å²) in [6.07, 6.45) is 4.57. The fourth-order valence-electron chi connectivity index (χ4n) is 2.47. The van der Waals surface area contributed by atoms with Gasteiger partial charge in [-0.25, -0.2) is 0 Å². The molecule has 0 aromatic carbocycles. The fraction of sp³-hybridized carbons (Fsp3) is 0.643. The van der Waals surface area contributed by atoms with Crippen molar-refractivity contribution in [3.63, 3.8) is 0 Å². The standard InChI is InChI=1S/C14H23N3.ClH/c1-2-17(11-13-6-5-8-15-10-13)12-14-7-3-4-9-16-14;/h3-4,7,9,13,15H,2,5-6,8,10-12H2,1H3;1H. The van der Waals surface area contributed by atoms with Gasteiger partial charge in [0, 0.05) is 19.3 Å². The molecule has 0 saturated carbocycles. The Morgan fingerprint density at radius 3 is 2.94 bits per heavy atom. The van der Waals surface area contributed by atoms with Gasteiger partial charge in [0.05, 0.1) is 5.69 Å². The van der Waals surface area contributed by atoms with Crippen LogP contribution in [-0.2, 0) is 6.54 Å². The molecule has 0 radical (unpaired) electrons. The lowest BCUT2D eigenvalue weighted by Gasteiger charge is -2.29. The van der Waals surface area contributed by atoms with Gasteiger partial charge in [-0.15, -0.1) is 12.4 Å². The topological polar surface area (TPSA) is 28.2 Å². The summed E-state index contributed by atoms with van der Waals surface area (Å²) < 4.78 is 0. The van der Waals surface area contributed by atoms with Crippen molar-refractivity contribution in [2.75, 3.05) is 26.2 Å². The van der Waals surface area contributed by atoms with Crippen molar-refractivity contribution in [3.05, 3.63) is 30.1 Å². The Balaban J connectivity index is 0.00000162. The van der Waals surface area contributed by atoms with Crippen LogP contribution in [0.25, 0.3) is 0 Å². The SMILES string of the molecule is CCN(Cc1ccccn1)CC1CCCNC1.Cl. The molecule has 1 N–H and O–H groups in total. The van der Waals surface area contributed by atoms with E-state index in [1.165, 1.54) is 38.2 Å². The summed E-state index contributed by atoms with van der Waals surface area (Å²) in [4.78, 5) is 6.90. The van der Waals surface area contributed by atoms with Gasteiger partial charge in [0.1, 0.15) is 0 Å². The number of rotatable bonds is 5. The van der Waals surface area contributed by atoms with E-state index in [1.807, 2.05) is 12.3 Å². The van der Waals surface area contributed by atoms with Crippen LogP contribution in [0, 0.1) is 5.92 Å². The van der Waals surface area contributed by atoms with E-state index in [0.717, 1.165) is 19.0 Å². The van der Waals surface area contributed by atoms with E-state index < -0.39 is 0 Å². The Morgan fingerprint density at radius 1 is 1.44 bits per heavy atom. The molecular weight excluding hydrogens is 246 g/mol. The minimum Gasteiger partial charge on any atom is -0.316 e. The van der Waals surface area contributed by atoms with Crippen molar-refractivity contribution >= 4 is 12.4 Å². The average molecular weight is 270 g/mol. The predicted octanol–water partition coefficient (Wildman–Crippen LogP) is 2.32. The highest BCUT2D eigenvalue weighted by atomic mass is 35.5. The van der Waals surface area contributed by atoms with Gasteiger partial charge in [0.25, 0.3) is 0 Å². The van der Waals surface area contributed by atoms with Gasteiger partial charge < -0.3 is 5.32 Å². The van der Waals surface area contributed by atoms with E-state index in [2.05, 4.69) is 34.3 Å². The van der Waals surface area contributed by atoms with Crippen molar-refractivity contribution in [2.24, 2.45) is 5.92 Å². The molecule has 1 saturated heterocycles. The van der Waals surface area contributed by atoms with Crippen molar-refractivity contribution < 1.29 is 0 Å². The molecule has 2 rings (SSSR count). The monoisotopic (exact) mass is 269 g/mol. The first-order chi connectivity index (χ1) is 8.38. The Morgan fingerprint density at radius 2 is 2.33 bits per heavy atom. The number of halogens is 1. The van der Waals surface area contributed by atoms with Crippen molar-refractivity contribution in [1.82, 2.24) is 15.2 Å². The maximum absolute atomic E-state index is 4.40. The zero-order chi connectivity index (χ0) is 11.9. The van der Waals surface area contributed by atoms with Crippen LogP contribution in [0.4, 0.5) is 0 Å². The van der Waals surface area contributed by atoms with E-state index in [9.17, 15) is 0 Å². The highest BCUT2D eigenvalue weighted by Crippen LogP contribution is 2.13. The van der Waals surface area contributed by atoms with Gasteiger partial charge in [-0.2, -0.15) is 0 Å². The second-order valence-corrected chi connectivity index (χ2v) is 4.86. The van der Waals surface area contributed by atoms with Gasteiger partial charge >= 0.3 is 0 Å². The van der Waals surface area contributed by atoms with Gasteiger partial charge in [0.15, 0.2) is 0 Å². The molecule has 1 unspecified atom stereocenters. The van der Waals surface area contributed by atoms with Crippen molar-refractivity contribution in [1.29, 1.82) is 0 Å². The Bertz CT molecular complexity index is 312. The number of hydrogen-bond donors (Lipinski definition) is 1. The Kier molecular flexibility index (Phi) is 7.25. The first-order valence-corrected chi connectivity index (χ1v) is 6.71. The Labute approximate surface area is 116 Å². The van der Waals surface area contributed by atoms with Crippen LogP contribution in [-0.4, -0.2) is 36.1 Å². The minimum atomic E-state index is 0. The van der Waals surface area contributed by atoms with Crippen molar-refractivity contribution in [2.45, 2.75) is 26.3 Å². The second-order valence-electron chi connectivity index (χ2n) is 4.86. The summed E-state index contributed by atoms with van der Waals surface area (Å²) in [6.45, 7) is 7.89. The zero-order valence-corrected chi connectivity index (χ0v) is 12.0. The fourth-order valence-corrected chi connectivity index (χ4v) is 2.47. The molecule has 1 fully saturated rings. The molecule has 0 aliphatic carbocycles. The van der Waals surface area contributed by atoms with Crippen LogP contribution in [0.3, 0.4) is 0 Å². The Hall–Kier alpha value is -0.640. The van der Waals surface area contributed by atoms with E-state index in [4.69, 9.17) is 0 Å². The van der Waals surface area contributed by atoms with E-state index in [0.29, 0.717) is 0 Å². The average Bonchev–Trinajstić information content (AvgIpc) is 2.40. The lowest BCUT2D eigenvalue weighted by molar-refractivity contribution is 0.208. The number of hydrogen-bond acceptors (Lipinski definition) is 3. The van der Waals surface area contributed by atoms with E-state index >= 15 is 0 Å². The molecule has 102 valence electrons. The molecule has 1 aromatic heterocycles. The van der Waals surface area contributed by atoms with Crippen LogP contribution in [0.1, 0.15) is 25.5 Å². The molecule has 0 spiro atoms. The summed E-state index contributed by atoms with van der Waals surface area (Å²) in [7, 11) is 0. The summed E-state index contributed by atoms with van der Waals surface area (Å²) in [5, 5.41) is 3.49. The van der Waals surface area contributed by atoms with Gasteiger partial charge in [0.2, 0.25) is 0 Å². The first kappa shape index (κ1) is 15.4. The maximum atomic E-state index is 4.40. The molecule has 0 bridgehead atoms. The predicted molar refractivity (Wildman–Crippen MR) is 78.0 cm³/mol. The van der Waals surface area contributed by atoms with Crippen LogP contribution >= 0.6 is 12.4 Å². The maximum Gasteiger partial charge on any atom is 0.0543 e. The molecule has 1 aliphatic rings. The van der Waals surface area contributed by atoms with Gasteiger partial charge in [-0.05, 0) is 50.5 Å². The summed E-state index contributed by atoms with van der Waals surface area (Å²) in [6, 6.07) is 6.16. The molecule has 2 heterocycles. The number of piperidine rings is 1. The van der Waals surface area contributed by atoms with Crippen LogP contribution in [0.15, 0.2) is 24.4 Å². The molecule has 0 amide bonds. The van der Waals surface area contributed by atoms with Crippen molar-refractivity contribution in [3.8, 4) is 0 Å². The zero-order valence-electron chi connectivity index (χ0n) is 11.1. The smallest absolute Gasteiger partial charge is 0.0543 e. The molecule has 3 nitrogen and oxygen atoms in total. The molecular formula is C14H24ClN3.